The van der Waals surface area contributed by atoms with Gasteiger partial charge in [0, 0.05) is 6.07 Å². The van der Waals surface area contributed by atoms with Gasteiger partial charge in [0.2, 0.25) is 0 Å². The van der Waals surface area contributed by atoms with Gasteiger partial charge in [-0.15, -0.1) is 0 Å². The van der Waals surface area contributed by atoms with Crippen LogP contribution in [0.5, 0.6) is 5.75 Å². The SMILES string of the molecule is CCC(C#N)(CCCOc1cccc(F)c1)NC. The first-order valence-electron chi connectivity index (χ1n) is 6.14. The van der Waals surface area contributed by atoms with Crippen LogP contribution in [0.4, 0.5) is 4.39 Å². The van der Waals surface area contributed by atoms with Crippen molar-refractivity contribution in [3.05, 3.63) is 30.1 Å². The molecule has 0 bridgehead atoms. The second-order valence-electron chi connectivity index (χ2n) is 4.21. The highest BCUT2D eigenvalue weighted by molar-refractivity contribution is 5.22. The smallest absolute Gasteiger partial charge is 0.126 e. The molecule has 0 aliphatic heterocycles. The minimum atomic E-state index is -0.481. The molecular weight excluding hydrogens is 231 g/mol. The average molecular weight is 250 g/mol. The molecular formula is C14H19FN2O. The summed E-state index contributed by atoms with van der Waals surface area (Å²) in [5.74, 6) is 0.223. The standard InChI is InChI=1S/C14H19FN2O/c1-3-14(11-16,17-2)8-5-9-18-13-7-4-6-12(15)10-13/h4,6-7,10,17H,3,5,8-9H2,1-2H3. The van der Waals surface area contributed by atoms with E-state index in [1.807, 2.05) is 6.92 Å². The molecule has 3 nitrogen and oxygen atoms in total. The molecule has 0 fully saturated rings. The lowest BCUT2D eigenvalue weighted by Gasteiger charge is -2.24. The summed E-state index contributed by atoms with van der Waals surface area (Å²) in [7, 11) is 1.79. The monoisotopic (exact) mass is 250 g/mol. The van der Waals surface area contributed by atoms with Gasteiger partial charge in [0.1, 0.15) is 17.1 Å². The maximum absolute atomic E-state index is 12.9. The van der Waals surface area contributed by atoms with E-state index in [4.69, 9.17) is 10.00 Å². The molecule has 0 amide bonds. The highest BCUT2D eigenvalue weighted by Crippen LogP contribution is 2.17. The molecule has 98 valence electrons. The fourth-order valence-electron chi connectivity index (χ4n) is 1.79. The van der Waals surface area contributed by atoms with Crippen molar-refractivity contribution in [1.29, 1.82) is 5.26 Å². The molecule has 4 heteroatoms. The molecule has 1 rings (SSSR count). The Balaban J connectivity index is 2.37. The highest BCUT2D eigenvalue weighted by atomic mass is 19.1. The Morgan fingerprint density at radius 1 is 1.50 bits per heavy atom. The average Bonchev–Trinajstić information content (AvgIpc) is 2.40. The minimum Gasteiger partial charge on any atom is -0.493 e. The van der Waals surface area contributed by atoms with Crippen molar-refractivity contribution in [1.82, 2.24) is 5.32 Å². The molecule has 1 unspecified atom stereocenters. The highest BCUT2D eigenvalue weighted by Gasteiger charge is 2.24. The van der Waals surface area contributed by atoms with Crippen molar-refractivity contribution in [3.8, 4) is 11.8 Å². The fraction of sp³-hybridized carbons (Fsp3) is 0.500. The summed E-state index contributed by atoms with van der Waals surface area (Å²) in [4.78, 5) is 0. The van der Waals surface area contributed by atoms with Crippen LogP contribution in [-0.2, 0) is 0 Å². The Labute approximate surface area is 108 Å². The topological polar surface area (TPSA) is 45.0 Å². The van der Waals surface area contributed by atoms with E-state index in [0.717, 1.165) is 12.8 Å². The van der Waals surface area contributed by atoms with Gasteiger partial charge < -0.3 is 10.1 Å². The number of hydrogen-bond acceptors (Lipinski definition) is 3. The molecule has 1 N–H and O–H groups in total. The summed E-state index contributed by atoms with van der Waals surface area (Å²) in [6.45, 7) is 2.46. The van der Waals surface area contributed by atoms with E-state index in [-0.39, 0.29) is 5.82 Å². The molecule has 0 aromatic heterocycles. The first-order valence-corrected chi connectivity index (χ1v) is 6.14. The van der Waals surface area contributed by atoms with Crippen LogP contribution in [-0.4, -0.2) is 19.2 Å². The normalized spacial score (nSPS) is 13.7. The van der Waals surface area contributed by atoms with Gasteiger partial charge in [0.25, 0.3) is 0 Å². The lowest BCUT2D eigenvalue weighted by molar-refractivity contribution is 0.280. The van der Waals surface area contributed by atoms with Crippen molar-refractivity contribution in [2.75, 3.05) is 13.7 Å². The largest absolute Gasteiger partial charge is 0.493 e. The molecule has 0 spiro atoms. The van der Waals surface area contributed by atoms with E-state index < -0.39 is 5.54 Å². The van der Waals surface area contributed by atoms with Crippen LogP contribution >= 0.6 is 0 Å². The number of ether oxygens (including phenoxy) is 1. The number of benzene rings is 1. The van der Waals surface area contributed by atoms with E-state index in [0.29, 0.717) is 18.8 Å². The zero-order chi connectivity index (χ0) is 13.4. The van der Waals surface area contributed by atoms with Gasteiger partial charge in [-0.3, -0.25) is 0 Å². The van der Waals surface area contributed by atoms with Crippen LogP contribution in [0.25, 0.3) is 0 Å². The van der Waals surface area contributed by atoms with E-state index in [1.54, 1.807) is 19.2 Å². The van der Waals surface area contributed by atoms with E-state index in [1.165, 1.54) is 12.1 Å². The lowest BCUT2D eigenvalue weighted by atomic mass is 9.92. The summed E-state index contributed by atoms with van der Waals surface area (Å²) < 4.78 is 18.3. The molecule has 0 aliphatic carbocycles. The third-order valence-electron chi connectivity index (χ3n) is 3.11. The maximum atomic E-state index is 12.9. The fourth-order valence-corrected chi connectivity index (χ4v) is 1.79. The Morgan fingerprint density at radius 3 is 2.83 bits per heavy atom. The Hall–Kier alpha value is -1.60. The predicted molar refractivity (Wildman–Crippen MR) is 68.8 cm³/mol. The molecule has 0 radical (unpaired) electrons. The summed E-state index contributed by atoms with van der Waals surface area (Å²) in [6, 6.07) is 8.37. The Morgan fingerprint density at radius 2 is 2.28 bits per heavy atom. The Bertz CT molecular complexity index is 411. The van der Waals surface area contributed by atoms with Crippen LogP contribution in [0.2, 0.25) is 0 Å². The van der Waals surface area contributed by atoms with Gasteiger partial charge in [0.15, 0.2) is 0 Å². The summed E-state index contributed by atoms with van der Waals surface area (Å²) >= 11 is 0. The zero-order valence-corrected chi connectivity index (χ0v) is 10.9. The summed E-state index contributed by atoms with van der Waals surface area (Å²) in [6.07, 6.45) is 2.21. The van der Waals surface area contributed by atoms with Gasteiger partial charge in [-0.1, -0.05) is 13.0 Å². The van der Waals surface area contributed by atoms with Crippen LogP contribution in [0, 0.1) is 17.1 Å². The van der Waals surface area contributed by atoms with E-state index in [2.05, 4.69) is 11.4 Å². The quantitative estimate of drug-likeness (QED) is 0.757. The maximum Gasteiger partial charge on any atom is 0.126 e. The van der Waals surface area contributed by atoms with E-state index >= 15 is 0 Å². The second kappa shape index (κ2) is 6.97. The summed E-state index contributed by atoms with van der Waals surface area (Å²) in [5, 5.41) is 12.2. The van der Waals surface area contributed by atoms with Crippen LogP contribution < -0.4 is 10.1 Å². The van der Waals surface area contributed by atoms with Crippen molar-refractivity contribution >= 4 is 0 Å². The number of nitrogens with one attached hydrogen (secondary N) is 1. The van der Waals surface area contributed by atoms with Gasteiger partial charge in [-0.05, 0) is 38.4 Å². The van der Waals surface area contributed by atoms with Crippen LogP contribution in [0.15, 0.2) is 24.3 Å². The molecule has 1 atom stereocenters. The van der Waals surface area contributed by atoms with Gasteiger partial charge in [-0.2, -0.15) is 5.26 Å². The van der Waals surface area contributed by atoms with Crippen molar-refractivity contribution < 1.29 is 9.13 Å². The number of nitrogens with zero attached hydrogens (tertiary/aromatic N) is 1. The lowest BCUT2D eigenvalue weighted by Crippen LogP contribution is -2.41. The van der Waals surface area contributed by atoms with Crippen molar-refractivity contribution in [3.63, 3.8) is 0 Å². The molecule has 1 aromatic carbocycles. The molecule has 0 saturated carbocycles. The second-order valence-corrected chi connectivity index (χ2v) is 4.21. The molecule has 0 saturated heterocycles. The number of rotatable bonds is 7. The minimum absolute atomic E-state index is 0.303. The predicted octanol–water partition coefficient (Wildman–Crippen LogP) is 2.88. The molecule has 18 heavy (non-hydrogen) atoms. The third-order valence-corrected chi connectivity index (χ3v) is 3.11. The first-order chi connectivity index (χ1) is 8.65. The third kappa shape index (κ3) is 4.01. The first kappa shape index (κ1) is 14.5. The number of nitriles is 1. The van der Waals surface area contributed by atoms with Gasteiger partial charge in [-0.25, -0.2) is 4.39 Å². The van der Waals surface area contributed by atoms with Crippen molar-refractivity contribution in [2.24, 2.45) is 0 Å². The van der Waals surface area contributed by atoms with Gasteiger partial charge in [0.05, 0.1) is 12.7 Å². The van der Waals surface area contributed by atoms with Gasteiger partial charge >= 0.3 is 0 Å². The van der Waals surface area contributed by atoms with Crippen LogP contribution in [0.1, 0.15) is 26.2 Å². The molecule has 0 aliphatic rings. The van der Waals surface area contributed by atoms with E-state index in [9.17, 15) is 4.39 Å². The molecule has 0 heterocycles. The zero-order valence-electron chi connectivity index (χ0n) is 10.9. The van der Waals surface area contributed by atoms with Crippen LogP contribution in [0.3, 0.4) is 0 Å². The number of halogens is 1. The van der Waals surface area contributed by atoms with Crippen molar-refractivity contribution in [2.45, 2.75) is 31.7 Å². The number of hydrogen-bond donors (Lipinski definition) is 1. The Kier molecular flexibility index (Phi) is 5.60. The summed E-state index contributed by atoms with van der Waals surface area (Å²) in [5.41, 5.74) is -0.481. The molecule has 1 aromatic rings.